The molecule has 1 aliphatic heterocycles. The molecule has 2 atom stereocenters. The molecule has 2 heteroatoms. The molecule has 0 amide bonds. The molecule has 4 bridgehead atoms. The van der Waals surface area contributed by atoms with Crippen LogP contribution in [0.3, 0.4) is 0 Å². The summed E-state index contributed by atoms with van der Waals surface area (Å²) >= 11 is 0. The predicted octanol–water partition coefficient (Wildman–Crippen LogP) is 4.40. The zero-order chi connectivity index (χ0) is 16.0. The maximum absolute atomic E-state index is 2.85. The fourth-order valence-electron chi connectivity index (χ4n) is 7.37. The second-order valence-corrected chi connectivity index (χ2v) is 9.86. The largest absolute Gasteiger partial charge is 0.300 e. The summed E-state index contributed by atoms with van der Waals surface area (Å²) in [5.74, 6) is 3.33. The van der Waals surface area contributed by atoms with Crippen molar-refractivity contribution in [3.63, 3.8) is 0 Å². The van der Waals surface area contributed by atoms with E-state index in [0.29, 0.717) is 0 Å². The van der Waals surface area contributed by atoms with E-state index in [0.717, 1.165) is 35.3 Å². The van der Waals surface area contributed by atoms with Crippen LogP contribution in [-0.2, 0) is 0 Å². The van der Waals surface area contributed by atoms with Crippen molar-refractivity contribution in [1.82, 2.24) is 9.80 Å². The Hall–Kier alpha value is -0.0800. The first-order valence-corrected chi connectivity index (χ1v) is 10.5. The van der Waals surface area contributed by atoms with Crippen molar-refractivity contribution in [3.05, 3.63) is 0 Å². The van der Waals surface area contributed by atoms with Gasteiger partial charge in [-0.1, -0.05) is 6.92 Å². The summed E-state index contributed by atoms with van der Waals surface area (Å²) in [6, 6.07) is 1.50. The van der Waals surface area contributed by atoms with Gasteiger partial charge >= 0.3 is 0 Å². The van der Waals surface area contributed by atoms with Gasteiger partial charge in [0, 0.05) is 25.2 Å². The number of rotatable bonds is 5. The number of hydrogen-bond acceptors (Lipinski definition) is 2. The van der Waals surface area contributed by atoms with E-state index >= 15 is 0 Å². The Morgan fingerprint density at radius 3 is 1.83 bits per heavy atom. The first-order valence-electron chi connectivity index (χ1n) is 10.5. The summed E-state index contributed by atoms with van der Waals surface area (Å²) in [4.78, 5) is 5.54. The summed E-state index contributed by atoms with van der Waals surface area (Å²) in [6.45, 7) is 12.5. The van der Waals surface area contributed by atoms with Crippen molar-refractivity contribution in [1.29, 1.82) is 0 Å². The van der Waals surface area contributed by atoms with Gasteiger partial charge in [0.2, 0.25) is 0 Å². The number of nitrogens with zero attached hydrogens (tertiary/aromatic N) is 2. The zero-order valence-corrected chi connectivity index (χ0v) is 15.8. The highest BCUT2D eigenvalue weighted by Gasteiger charge is 2.50. The summed E-state index contributed by atoms with van der Waals surface area (Å²) in [6.07, 6.45) is 12.3. The van der Waals surface area contributed by atoms with Crippen molar-refractivity contribution in [3.8, 4) is 0 Å². The third-order valence-corrected chi connectivity index (χ3v) is 7.78. The molecule has 5 rings (SSSR count). The van der Waals surface area contributed by atoms with E-state index < -0.39 is 0 Å². The van der Waals surface area contributed by atoms with Crippen molar-refractivity contribution in [2.24, 2.45) is 23.2 Å². The molecule has 4 aliphatic carbocycles. The van der Waals surface area contributed by atoms with E-state index in [1.165, 1.54) is 39.0 Å². The fraction of sp³-hybridized carbons (Fsp3) is 1.00. The van der Waals surface area contributed by atoms with E-state index in [4.69, 9.17) is 0 Å². The van der Waals surface area contributed by atoms with Crippen molar-refractivity contribution >= 4 is 0 Å². The SMILES string of the molecule is CCCN1CC(C)N(CCC23CC4CC(CC(C4)C2)C3)C(C)C1. The Kier molecular flexibility index (Phi) is 4.51. The zero-order valence-electron chi connectivity index (χ0n) is 15.8. The number of piperazine rings is 1. The van der Waals surface area contributed by atoms with Crippen LogP contribution in [0.5, 0.6) is 0 Å². The van der Waals surface area contributed by atoms with Gasteiger partial charge < -0.3 is 4.90 Å². The molecule has 5 fully saturated rings. The minimum absolute atomic E-state index is 0.749. The molecule has 1 heterocycles. The summed E-state index contributed by atoms with van der Waals surface area (Å²) < 4.78 is 0. The highest BCUT2D eigenvalue weighted by Crippen LogP contribution is 2.61. The van der Waals surface area contributed by atoms with Crippen LogP contribution in [0.2, 0.25) is 0 Å². The monoisotopic (exact) mass is 318 g/mol. The highest BCUT2D eigenvalue weighted by molar-refractivity contribution is 5.02. The van der Waals surface area contributed by atoms with Gasteiger partial charge in [-0.25, -0.2) is 0 Å². The molecule has 0 aromatic rings. The van der Waals surface area contributed by atoms with Crippen molar-refractivity contribution in [2.75, 3.05) is 26.2 Å². The minimum atomic E-state index is 0.749. The molecule has 5 aliphatic rings. The second-order valence-electron chi connectivity index (χ2n) is 9.86. The second kappa shape index (κ2) is 6.33. The molecular formula is C21H38N2. The van der Waals surface area contributed by atoms with E-state index in [-0.39, 0.29) is 0 Å². The topological polar surface area (TPSA) is 6.48 Å². The Morgan fingerprint density at radius 1 is 0.826 bits per heavy atom. The van der Waals surface area contributed by atoms with Crippen molar-refractivity contribution in [2.45, 2.75) is 84.2 Å². The molecule has 1 saturated heterocycles. The summed E-state index contributed by atoms with van der Waals surface area (Å²) in [5, 5.41) is 0. The molecule has 23 heavy (non-hydrogen) atoms. The average molecular weight is 319 g/mol. The van der Waals surface area contributed by atoms with Crippen LogP contribution in [0, 0.1) is 23.2 Å². The van der Waals surface area contributed by atoms with Gasteiger partial charge in [0.05, 0.1) is 0 Å². The third-order valence-electron chi connectivity index (χ3n) is 7.78. The van der Waals surface area contributed by atoms with Crippen LogP contribution in [-0.4, -0.2) is 48.1 Å². The molecule has 0 spiro atoms. The molecule has 2 unspecified atom stereocenters. The molecule has 0 N–H and O–H groups in total. The molecule has 2 nitrogen and oxygen atoms in total. The number of hydrogen-bond donors (Lipinski definition) is 0. The van der Waals surface area contributed by atoms with Gasteiger partial charge in [-0.2, -0.15) is 0 Å². The van der Waals surface area contributed by atoms with Crippen LogP contribution >= 0.6 is 0 Å². The van der Waals surface area contributed by atoms with Gasteiger partial charge in [-0.3, -0.25) is 4.90 Å². The average Bonchev–Trinajstić information content (AvgIpc) is 2.45. The molecule has 132 valence electrons. The molecule has 4 saturated carbocycles. The van der Waals surface area contributed by atoms with Crippen LogP contribution in [0.4, 0.5) is 0 Å². The van der Waals surface area contributed by atoms with Crippen LogP contribution < -0.4 is 0 Å². The van der Waals surface area contributed by atoms with Crippen LogP contribution in [0.25, 0.3) is 0 Å². The Balaban J connectivity index is 1.36. The van der Waals surface area contributed by atoms with E-state index in [2.05, 4.69) is 30.6 Å². The van der Waals surface area contributed by atoms with Gasteiger partial charge in [0.25, 0.3) is 0 Å². The summed E-state index contributed by atoms with van der Waals surface area (Å²) in [7, 11) is 0. The first kappa shape index (κ1) is 16.4. The maximum Gasteiger partial charge on any atom is 0.0198 e. The van der Waals surface area contributed by atoms with E-state index in [1.807, 2.05) is 0 Å². The fourth-order valence-corrected chi connectivity index (χ4v) is 7.37. The summed E-state index contributed by atoms with van der Waals surface area (Å²) in [5.41, 5.74) is 0.759. The van der Waals surface area contributed by atoms with Gasteiger partial charge in [-0.05, 0) is 101 Å². The lowest BCUT2D eigenvalue weighted by molar-refractivity contribution is -0.0677. The Bertz CT molecular complexity index is 371. The lowest BCUT2D eigenvalue weighted by Crippen LogP contribution is -2.57. The highest BCUT2D eigenvalue weighted by atomic mass is 15.3. The molecule has 0 aromatic heterocycles. The Morgan fingerprint density at radius 2 is 1.35 bits per heavy atom. The molecule has 0 aromatic carbocycles. The van der Waals surface area contributed by atoms with Gasteiger partial charge in [0.1, 0.15) is 0 Å². The van der Waals surface area contributed by atoms with Crippen molar-refractivity contribution < 1.29 is 0 Å². The van der Waals surface area contributed by atoms with Crippen LogP contribution in [0.1, 0.15) is 72.1 Å². The quantitative estimate of drug-likeness (QED) is 0.741. The lowest BCUT2D eigenvalue weighted by Gasteiger charge is -2.57. The third kappa shape index (κ3) is 3.23. The standard InChI is InChI=1S/C21H38N2/c1-4-6-22-14-16(2)23(17(3)15-22)7-5-21-11-18-8-19(12-21)10-20(9-18)13-21/h16-20H,4-15H2,1-3H3. The van der Waals surface area contributed by atoms with E-state index in [1.54, 1.807) is 38.5 Å². The predicted molar refractivity (Wildman–Crippen MR) is 97.6 cm³/mol. The smallest absolute Gasteiger partial charge is 0.0198 e. The lowest BCUT2D eigenvalue weighted by atomic mass is 9.49. The van der Waals surface area contributed by atoms with Gasteiger partial charge in [0.15, 0.2) is 0 Å². The first-order chi connectivity index (χ1) is 11.1. The normalized spacial score (nSPS) is 47.3. The van der Waals surface area contributed by atoms with E-state index in [9.17, 15) is 0 Å². The Labute approximate surface area is 144 Å². The molecule has 0 radical (unpaired) electrons. The minimum Gasteiger partial charge on any atom is -0.300 e. The molecular weight excluding hydrogens is 280 g/mol. The maximum atomic E-state index is 2.85. The van der Waals surface area contributed by atoms with Gasteiger partial charge in [-0.15, -0.1) is 0 Å². The van der Waals surface area contributed by atoms with Crippen LogP contribution in [0.15, 0.2) is 0 Å².